The Hall–Kier alpha value is -3.03. The molecule has 0 bridgehead atoms. The molecule has 0 saturated heterocycles. The van der Waals surface area contributed by atoms with E-state index in [2.05, 4.69) is 45.3 Å². The van der Waals surface area contributed by atoms with Gasteiger partial charge >= 0.3 is 6.03 Å². The van der Waals surface area contributed by atoms with Crippen molar-refractivity contribution in [2.75, 3.05) is 23.7 Å². The lowest BCUT2D eigenvalue weighted by Crippen LogP contribution is -2.41. The zero-order valence-corrected chi connectivity index (χ0v) is 23.7. The number of amides is 3. The van der Waals surface area contributed by atoms with E-state index in [1.165, 1.54) is 4.90 Å². The average Bonchev–Trinajstić information content (AvgIpc) is 3.23. The predicted molar refractivity (Wildman–Crippen MR) is 152 cm³/mol. The fraction of sp³-hybridized carbons (Fsp3) is 0.393. The maximum absolute atomic E-state index is 13.2. The number of rotatable bonds is 8. The van der Waals surface area contributed by atoms with E-state index in [9.17, 15) is 9.59 Å². The van der Waals surface area contributed by atoms with Crippen LogP contribution in [0.1, 0.15) is 52.3 Å². The molecule has 0 radical (unpaired) electrons. The van der Waals surface area contributed by atoms with Crippen molar-refractivity contribution < 1.29 is 9.59 Å². The molecule has 198 valence electrons. The average molecular weight is 545 g/mol. The number of hydrogen-bond donors (Lipinski definition) is 2. The summed E-state index contributed by atoms with van der Waals surface area (Å²) in [4.78, 5) is 27.8. The summed E-state index contributed by atoms with van der Waals surface area (Å²) in [6.45, 7) is 12.7. The maximum Gasteiger partial charge on any atom is 0.322 e. The van der Waals surface area contributed by atoms with Gasteiger partial charge in [0.05, 0.1) is 21.4 Å². The molecule has 7 nitrogen and oxygen atoms in total. The Kier molecular flexibility index (Phi) is 9.26. The van der Waals surface area contributed by atoms with E-state index in [1.54, 1.807) is 22.9 Å². The van der Waals surface area contributed by atoms with Crippen LogP contribution in [0.25, 0.3) is 5.69 Å². The lowest BCUT2D eigenvalue weighted by Gasteiger charge is -2.23. The standard InChI is InChI=1S/C28H35Cl2N5O2/c1-18(2)12-13-34(27(37)31-20-10-11-22(29)23(30)15-20)17-26(36)32-25-16-24(28(4,5)6)33-35(25)21-9-7-8-19(3)14-21/h7-11,14-16,18H,12-13,17H2,1-6H3,(H,31,37)(H,32,36). The van der Waals surface area contributed by atoms with E-state index in [4.69, 9.17) is 28.3 Å². The molecule has 3 aromatic rings. The molecule has 1 aromatic heterocycles. The SMILES string of the molecule is Cc1cccc(-n2nc(C(C)(C)C)cc2NC(=O)CN(CCC(C)C)C(=O)Nc2ccc(Cl)c(Cl)c2)c1. The first-order valence-corrected chi connectivity index (χ1v) is 13.1. The van der Waals surface area contributed by atoms with E-state index >= 15 is 0 Å². The van der Waals surface area contributed by atoms with Crippen LogP contribution in [-0.2, 0) is 10.2 Å². The molecular weight excluding hydrogens is 509 g/mol. The smallest absolute Gasteiger partial charge is 0.315 e. The second-order valence-electron chi connectivity index (χ2n) is 10.6. The number of carbonyl (C=O) groups excluding carboxylic acids is 2. The minimum absolute atomic E-state index is 0.121. The monoisotopic (exact) mass is 543 g/mol. The van der Waals surface area contributed by atoms with Crippen molar-refractivity contribution in [3.63, 3.8) is 0 Å². The second-order valence-corrected chi connectivity index (χ2v) is 11.4. The quantitative estimate of drug-likeness (QED) is 0.312. The van der Waals surface area contributed by atoms with Gasteiger partial charge in [-0.25, -0.2) is 9.48 Å². The number of halogens is 2. The van der Waals surface area contributed by atoms with Gasteiger partial charge in [0.25, 0.3) is 0 Å². The summed E-state index contributed by atoms with van der Waals surface area (Å²) in [5, 5.41) is 11.3. The molecular formula is C28H35Cl2N5O2. The van der Waals surface area contributed by atoms with Crippen molar-refractivity contribution in [3.8, 4) is 5.69 Å². The highest BCUT2D eigenvalue weighted by atomic mass is 35.5. The highest BCUT2D eigenvalue weighted by Crippen LogP contribution is 2.27. The molecule has 2 aromatic carbocycles. The normalized spacial score (nSPS) is 11.5. The van der Waals surface area contributed by atoms with Crippen molar-refractivity contribution in [1.82, 2.24) is 14.7 Å². The van der Waals surface area contributed by atoms with E-state index in [0.717, 1.165) is 23.4 Å². The van der Waals surface area contributed by atoms with Crippen molar-refractivity contribution in [3.05, 3.63) is 69.8 Å². The first-order chi connectivity index (χ1) is 17.3. The number of nitrogens with one attached hydrogen (secondary N) is 2. The summed E-state index contributed by atoms with van der Waals surface area (Å²) >= 11 is 12.1. The van der Waals surface area contributed by atoms with Gasteiger partial charge < -0.3 is 15.5 Å². The topological polar surface area (TPSA) is 79.3 Å². The highest BCUT2D eigenvalue weighted by Gasteiger charge is 2.23. The Balaban J connectivity index is 1.82. The summed E-state index contributed by atoms with van der Waals surface area (Å²) in [5.41, 5.74) is 3.07. The molecule has 0 atom stereocenters. The molecule has 0 fully saturated rings. The highest BCUT2D eigenvalue weighted by molar-refractivity contribution is 6.42. The third kappa shape index (κ3) is 7.98. The lowest BCUT2D eigenvalue weighted by molar-refractivity contribution is -0.116. The van der Waals surface area contributed by atoms with Crippen molar-refractivity contribution in [2.24, 2.45) is 5.92 Å². The van der Waals surface area contributed by atoms with Crippen molar-refractivity contribution in [1.29, 1.82) is 0 Å². The number of hydrogen-bond acceptors (Lipinski definition) is 3. The van der Waals surface area contributed by atoms with Crippen LogP contribution < -0.4 is 10.6 Å². The third-order valence-electron chi connectivity index (χ3n) is 5.76. The zero-order valence-electron chi connectivity index (χ0n) is 22.2. The van der Waals surface area contributed by atoms with E-state index in [1.807, 2.05) is 37.3 Å². The summed E-state index contributed by atoms with van der Waals surface area (Å²) in [6, 6.07) is 14.3. The van der Waals surface area contributed by atoms with Crippen LogP contribution in [0.3, 0.4) is 0 Å². The number of carbonyl (C=O) groups is 2. The zero-order chi connectivity index (χ0) is 27.3. The minimum atomic E-state index is -0.392. The van der Waals surface area contributed by atoms with Gasteiger partial charge in [0.1, 0.15) is 12.4 Å². The summed E-state index contributed by atoms with van der Waals surface area (Å²) in [6.07, 6.45) is 0.747. The Labute approximate surface area is 229 Å². The van der Waals surface area contributed by atoms with Gasteiger partial charge in [-0.2, -0.15) is 5.10 Å². The van der Waals surface area contributed by atoms with Gasteiger partial charge in [0, 0.05) is 23.7 Å². The second kappa shape index (κ2) is 12.0. The molecule has 0 saturated carbocycles. The number of aryl methyl sites for hydroxylation is 1. The van der Waals surface area contributed by atoms with Gasteiger partial charge in [-0.15, -0.1) is 0 Å². The lowest BCUT2D eigenvalue weighted by atomic mass is 9.92. The first-order valence-electron chi connectivity index (χ1n) is 12.3. The predicted octanol–water partition coefficient (Wildman–Crippen LogP) is 7.30. The van der Waals surface area contributed by atoms with Crippen molar-refractivity contribution in [2.45, 2.75) is 53.4 Å². The van der Waals surface area contributed by atoms with Crippen LogP contribution in [0, 0.1) is 12.8 Å². The molecule has 3 rings (SSSR count). The summed E-state index contributed by atoms with van der Waals surface area (Å²) in [5.74, 6) is 0.594. The number of urea groups is 1. The third-order valence-corrected chi connectivity index (χ3v) is 6.50. The molecule has 0 spiro atoms. The van der Waals surface area contributed by atoms with Crippen LogP contribution in [0.4, 0.5) is 16.3 Å². The van der Waals surface area contributed by atoms with Crippen LogP contribution in [0.5, 0.6) is 0 Å². The fourth-order valence-corrected chi connectivity index (χ4v) is 3.89. The van der Waals surface area contributed by atoms with Gasteiger partial charge in [0.15, 0.2) is 0 Å². The minimum Gasteiger partial charge on any atom is -0.315 e. The molecule has 3 amide bonds. The molecule has 9 heteroatoms. The molecule has 0 aliphatic rings. The number of nitrogens with zero attached hydrogens (tertiary/aromatic N) is 3. The summed E-state index contributed by atoms with van der Waals surface area (Å²) in [7, 11) is 0. The Bertz CT molecular complexity index is 1260. The first kappa shape index (κ1) is 28.5. The molecule has 0 aliphatic carbocycles. The molecule has 1 heterocycles. The van der Waals surface area contributed by atoms with Crippen LogP contribution in [0.2, 0.25) is 10.0 Å². The number of aromatic nitrogens is 2. The Morgan fingerprint density at radius 3 is 2.38 bits per heavy atom. The molecule has 0 unspecified atom stereocenters. The molecule has 37 heavy (non-hydrogen) atoms. The van der Waals surface area contributed by atoms with Gasteiger partial charge in [-0.1, -0.05) is 70.0 Å². The Morgan fingerprint density at radius 2 is 1.76 bits per heavy atom. The van der Waals surface area contributed by atoms with Crippen molar-refractivity contribution >= 4 is 46.6 Å². The van der Waals surface area contributed by atoms with Crippen LogP contribution in [0.15, 0.2) is 48.5 Å². The van der Waals surface area contributed by atoms with Gasteiger partial charge in [-0.05, 0) is 55.2 Å². The molecule has 0 aliphatic heterocycles. The van der Waals surface area contributed by atoms with E-state index in [0.29, 0.717) is 34.0 Å². The summed E-state index contributed by atoms with van der Waals surface area (Å²) < 4.78 is 1.74. The maximum atomic E-state index is 13.2. The fourth-order valence-electron chi connectivity index (χ4n) is 3.59. The number of anilines is 2. The van der Waals surface area contributed by atoms with E-state index < -0.39 is 6.03 Å². The van der Waals surface area contributed by atoms with E-state index in [-0.39, 0.29) is 17.9 Å². The number of benzene rings is 2. The largest absolute Gasteiger partial charge is 0.322 e. The Morgan fingerprint density at radius 1 is 1.03 bits per heavy atom. The molecule has 2 N–H and O–H groups in total. The van der Waals surface area contributed by atoms with Gasteiger partial charge in [0.2, 0.25) is 5.91 Å². The van der Waals surface area contributed by atoms with Crippen LogP contribution >= 0.6 is 23.2 Å². The van der Waals surface area contributed by atoms with Crippen LogP contribution in [-0.4, -0.2) is 39.7 Å². The van der Waals surface area contributed by atoms with Gasteiger partial charge in [-0.3, -0.25) is 4.79 Å².